The van der Waals surface area contributed by atoms with Gasteiger partial charge in [0.05, 0.1) is 0 Å². The Morgan fingerprint density at radius 3 is 3.00 bits per heavy atom. The molecule has 1 aromatic heterocycles. The third-order valence-electron chi connectivity index (χ3n) is 2.25. The molecular weight excluding hydrogens is 172 g/mol. The number of H-pyrrole nitrogens is 1. The van der Waals surface area contributed by atoms with E-state index in [-0.39, 0.29) is 0 Å². The number of benzene rings is 1. The first-order valence-electron chi connectivity index (χ1n) is 4.84. The minimum Gasteiger partial charge on any atom is -0.361 e. The molecule has 3 N–H and O–H groups in total. The van der Waals surface area contributed by atoms with Crippen molar-refractivity contribution in [3.05, 3.63) is 42.1 Å². The highest BCUT2D eigenvalue weighted by Gasteiger charge is 1.97. The Kier molecular flexibility index (Phi) is 2.65. The number of fused-ring (bicyclic) bond motifs is 1. The average Bonchev–Trinajstić information content (AvgIpc) is 2.63. The molecule has 0 aliphatic rings. The van der Waals surface area contributed by atoms with Crippen LogP contribution >= 0.6 is 0 Å². The fourth-order valence-corrected chi connectivity index (χ4v) is 1.54. The lowest BCUT2D eigenvalue weighted by Gasteiger charge is -1.90. The van der Waals surface area contributed by atoms with Crippen molar-refractivity contribution in [1.29, 1.82) is 0 Å². The lowest BCUT2D eigenvalue weighted by atomic mass is 10.1. The summed E-state index contributed by atoms with van der Waals surface area (Å²) in [6.45, 7) is 0.707. The van der Waals surface area contributed by atoms with Gasteiger partial charge in [-0.2, -0.15) is 0 Å². The van der Waals surface area contributed by atoms with Crippen LogP contribution in [0.2, 0.25) is 0 Å². The largest absolute Gasteiger partial charge is 0.361 e. The van der Waals surface area contributed by atoms with Crippen molar-refractivity contribution >= 4 is 17.0 Å². The van der Waals surface area contributed by atoms with Crippen LogP contribution in [-0.2, 0) is 0 Å². The molecule has 14 heavy (non-hydrogen) atoms. The molecule has 72 valence electrons. The molecule has 2 heteroatoms. The van der Waals surface area contributed by atoms with E-state index in [1.807, 2.05) is 12.3 Å². The third kappa shape index (κ3) is 1.70. The Morgan fingerprint density at radius 1 is 1.29 bits per heavy atom. The van der Waals surface area contributed by atoms with Gasteiger partial charge in [-0.15, -0.1) is 0 Å². The predicted molar refractivity (Wildman–Crippen MR) is 61.0 cm³/mol. The minimum atomic E-state index is 0.707. The maximum absolute atomic E-state index is 5.42. The van der Waals surface area contributed by atoms with E-state index in [0.717, 1.165) is 6.42 Å². The van der Waals surface area contributed by atoms with Gasteiger partial charge in [-0.1, -0.05) is 30.4 Å². The second kappa shape index (κ2) is 4.11. The van der Waals surface area contributed by atoms with Crippen LogP contribution in [0.15, 0.2) is 36.5 Å². The number of aromatic nitrogens is 1. The third-order valence-corrected chi connectivity index (χ3v) is 2.25. The molecule has 0 bridgehead atoms. The van der Waals surface area contributed by atoms with Gasteiger partial charge in [0.2, 0.25) is 0 Å². The SMILES string of the molecule is NCCC=Cc1c[nH]c2ccccc12. The molecule has 2 nitrogen and oxygen atoms in total. The van der Waals surface area contributed by atoms with E-state index in [1.54, 1.807) is 0 Å². The molecule has 1 heterocycles. The summed E-state index contributed by atoms with van der Waals surface area (Å²) in [7, 11) is 0. The fraction of sp³-hybridized carbons (Fsp3) is 0.167. The van der Waals surface area contributed by atoms with Crippen molar-refractivity contribution in [2.45, 2.75) is 6.42 Å². The van der Waals surface area contributed by atoms with Gasteiger partial charge in [0.25, 0.3) is 0 Å². The van der Waals surface area contributed by atoms with Crippen molar-refractivity contribution in [2.75, 3.05) is 6.54 Å². The van der Waals surface area contributed by atoms with Gasteiger partial charge < -0.3 is 10.7 Å². The summed E-state index contributed by atoms with van der Waals surface area (Å²) in [6, 6.07) is 8.28. The number of hydrogen-bond donors (Lipinski definition) is 2. The highest BCUT2D eigenvalue weighted by Crippen LogP contribution is 2.18. The van der Waals surface area contributed by atoms with Crippen molar-refractivity contribution in [3.63, 3.8) is 0 Å². The van der Waals surface area contributed by atoms with Crippen LogP contribution in [0.1, 0.15) is 12.0 Å². The summed E-state index contributed by atoms with van der Waals surface area (Å²) in [4.78, 5) is 3.23. The van der Waals surface area contributed by atoms with E-state index >= 15 is 0 Å². The van der Waals surface area contributed by atoms with Crippen LogP contribution < -0.4 is 5.73 Å². The number of nitrogens with one attached hydrogen (secondary N) is 1. The van der Waals surface area contributed by atoms with Crippen molar-refractivity contribution in [1.82, 2.24) is 4.98 Å². The first-order chi connectivity index (χ1) is 6.92. The smallest absolute Gasteiger partial charge is 0.0460 e. The second-order valence-corrected chi connectivity index (χ2v) is 3.27. The zero-order valence-electron chi connectivity index (χ0n) is 8.03. The Labute approximate surface area is 83.4 Å². The molecular formula is C12H14N2. The lowest BCUT2D eigenvalue weighted by molar-refractivity contribution is 1.01. The maximum Gasteiger partial charge on any atom is 0.0460 e. The molecule has 2 aromatic rings. The number of aromatic amines is 1. The standard InChI is InChI=1S/C12H14N2/c13-8-4-3-5-10-9-14-12-7-2-1-6-11(10)12/h1-3,5-7,9,14H,4,8,13H2. The van der Waals surface area contributed by atoms with Crippen molar-refractivity contribution < 1.29 is 0 Å². The first-order valence-corrected chi connectivity index (χ1v) is 4.84. The Bertz CT molecular complexity index is 440. The first kappa shape index (κ1) is 9.03. The normalized spacial score (nSPS) is 11.5. The molecule has 1 aromatic carbocycles. The van der Waals surface area contributed by atoms with Gasteiger partial charge in [-0.05, 0) is 24.6 Å². The minimum absolute atomic E-state index is 0.707. The van der Waals surface area contributed by atoms with Crippen LogP contribution in [0.3, 0.4) is 0 Å². The monoisotopic (exact) mass is 186 g/mol. The molecule has 0 aliphatic carbocycles. The molecule has 0 saturated heterocycles. The molecule has 0 saturated carbocycles. The zero-order chi connectivity index (χ0) is 9.80. The quantitative estimate of drug-likeness (QED) is 0.760. The highest BCUT2D eigenvalue weighted by atomic mass is 14.7. The highest BCUT2D eigenvalue weighted by molar-refractivity contribution is 5.88. The summed E-state index contributed by atoms with van der Waals surface area (Å²) in [6.07, 6.45) is 7.18. The maximum atomic E-state index is 5.42. The van der Waals surface area contributed by atoms with E-state index in [0.29, 0.717) is 6.54 Å². The Morgan fingerprint density at radius 2 is 2.14 bits per heavy atom. The number of hydrogen-bond acceptors (Lipinski definition) is 1. The van der Waals surface area contributed by atoms with Crippen molar-refractivity contribution in [2.24, 2.45) is 5.73 Å². The van der Waals surface area contributed by atoms with Crippen LogP contribution in [0, 0.1) is 0 Å². The summed E-state index contributed by atoms with van der Waals surface area (Å²) in [5.74, 6) is 0. The van der Waals surface area contributed by atoms with Crippen LogP contribution in [0.5, 0.6) is 0 Å². The van der Waals surface area contributed by atoms with E-state index in [2.05, 4.69) is 35.3 Å². The van der Waals surface area contributed by atoms with E-state index in [4.69, 9.17) is 5.73 Å². The predicted octanol–water partition coefficient (Wildman–Crippen LogP) is 2.53. The van der Waals surface area contributed by atoms with Gasteiger partial charge in [0, 0.05) is 17.1 Å². The van der Waals surface area contributed by atoms with E-state index in [1.165, 1.54) is 16.5 Å². The molecule has 0 fully saturated rings. The Hall–Kier alpha value is -1.54. The van der Waals surface area contributed by atoms with E-state index < -0.39 is 0 Å². The van der Waals surface area contributed by atoms with E-state index in [9.17, 15) is 0 Å². The number of rotatable bonds is 3. The molecule has 0 unspecified atom stereocenters. The number of nitrogens with two attached hydrogens (primary N) is 1. The van der Waals surface area contributed by atoms with Gasteiger partial charge >= 0.3 is 0 Å². The van der Waals surface area contributed by atoms with Gasteiger partial charge in [-0.25, -0.2) is 0 Å². The van der Waals surface area contributed by atoms with Crippen LogP contribution in [0.4, 0.5) is 0 Å². The summed E-state index contributed by atoms with van der Waals surface area (Å²) in [5.41, 5.74) is 7.83. The van der Waals surface area contributed by atoms with Gasteiger partial charge in [-0.3, -0.25) is 0 Å². The lowest BCUT2D eigenvalue weighted by Crippen LogP contribution is -1.94. The molecule has 0 amide bonds. The summed E-state index contributed by atoms with van der Waals surface area (Å²) >= 11 is 0. The molecule has 0 spiro atoms. The topological polar surface area (TPSA) is 41.8 Å². The summed E-state index contributed by atoms with van der Waals surface area (Å²) in [5, 5.41) is 1.26. The van der Waals surface area contributed by atoms with Gasteiger partial charge in [0.1, 0.15) is 0 Å². The molecule has 0 atom stereocenters. The van der Waals surface area contributed by atoms with Crippen LogP contribution in [-0.4, -0.2) is 11.5 Å². The van der Waals surface area contributed by atoms with Crippen molar-refractivity contribution in [3.8, 4) is 0 Å². The summed E-state index contributed by atoms with van der Waals surface area (Å²) < 4.78 is 0. The fourth-order valence-electron chi connectivity index (χ4n) is 1.54. The Balaban J connectivity index is 2.34. The molecule has 2 rings (SSSR count). The second-order valence-electron chi connectivity index (χ2n) is 3.27. The molecule has 0 aliphatic heterocycles. The number of para-hydroxylation sites is 1. The van der Waals surface area contributed by atoms with Gasteiger partial charge in [0.15, 0.2) is 0 Å². The average molecular weight is 186 g/mol. The zero-order valence-corrected chi connectivity index (χ0v) is 8.03. The van der Waals surface area contributed by atoms with Crippen LogP contribution in [0.25, 0.3) is 17.0 Å². The molecule has 0 radical (unpaired) electrons.